The van der Waals surface area contributed by atoms with E-state index in [1.54, 1.807) is 30.3 Å². The molecule has 10 heteroatoms. The van der Waals surface area contributed by atoms with Crippen molar-refractivity contribution in [3.8, 4) is 11.5 Å². The molecule has 3 amide bonds. The van der Waals surface area contributed by atoms with Crippen molar-refractivity contribution in [3.05, 3.63) is 93.9 Å². The molecule has 0 radical (unpaired) electrons. The van der Waals surface area contributed by atoms with Gasteiger partial charge in [0.1, 0.15) is 18.0 Å². The number of halogens is 1. The Bertz CT molecular complexity index is 1380. The molecule has 1 heterocycles. The highest BCUT2D eigenvalue weighted by atomic mass is 35.5. The summed E-state index contributed by atoms with van der Waals surface area (Å²) in [4.78, 5) is 50.7. The Morgan fingerprint density at radius 2 is 1.75 bits per heavy atom. The van der Waals surface area contributed by atoms with Crippen LogP contribution in [0.15, 0.2) is 77.7 Å². The summed E-state index contributed by atoms with van der Waals surface area (Å²) in [5.74, 6) is -0.621. The Balaban J connectivity index is 1.43. The number of anilines is 1. The maximum Gasteiger partial charge on any atom is 0.339 e. The minimum atomic E-state index is -0.662. The minimum absolute atomic E-state index is 0.0736. The first-order chi connectivity index (χ1) is 17.3. The molecular weight excluding hydrogens is 504 g/mol. The van der Waals surface area contributed by atoms with E-state index in [9.17, 15) is 19.2 Å². The van der Waals surface area contributed by atoms with Crippen molar-refractivity contribution >= 4 is 58.1 Å². The zero-order valence-electron chi connectivity index (χ0n) is 18.9. The second-order valence-electron chi connectivity index (χ2n) is 7.49. The van der Waals surface area contributed by atoms with E-state index in [0.717, 1.165) is 16.7 Å². The maximum absolute atomic E-state index is 12.8. The first kappa shape index (κ1) is 25.0. The zero-order valence-corrected chi connectivity index (χ0v) is 20.5. The van der Waals surface area contributed by atoms with Gasteiger partial charge in [0.05, 0.1) is 22.6 Å². The van der Waals surface area contributed by atoms with Gasteiger partial charge in [-0.3, -0.25) is 19.3 Å². The number of hydrogen-bond donors (Lipinski definition) is 1. The summed E-state index contributed by atoms with van der Waals surface area (Å²) in [6.07, 6.45) is 1.57. The lowest BCUT2D eigenvalue weighted by molar-refractivity contribution is -0.127. The van der Waals surface area contributed by atoms with Crippen molar-refractivity contribution in [3.63, 3.8) is 0 Å². The van der Waals surface area contributed by atoms with E-state index >= 15 is 0 Å². The number of nitrogens with one attached hydrogen (secondary N) is 1. The van der Waals surface area contributed by atoms with E-state index < -0.39 is 29.6 Å². The van der Waals surface area contributed by atoms with Gasteiger partial charge in [-0.1, -0.05) is 41.9 Å². The van der Waals surface area contributed by atoms with Crippen LogP contribution in [0.1, 0.15) is 15.9 Å². The van der Waals surface area contributed by atoms with Crippen molar-refractivity contribution in [2.24, 2.45) is 0 Å². The molecule has 0 aromatic heterocycles. The van der Waals surface area contributed by atoms with Crippen molar-refractivity contribution in [1.82, 2.24) is 4.90 Å². The van der Waals surface area contributed by atoms with E-state index in [2.05, 4.69) is 10.1 Å². The smallest absolute Gasteiger partial charge is 0.339 e. The molecule has 4 rings (SSSR count). The van der Waals surface area contributed by atoms with Gasteiger partial charge in [0.2, 0.25) is 5.91 Å². The zero-order chi connectivity index (χ0) is 25.7. The molecule has 0 aliphatic carbocycles. The van der Waals surface area contributed by atoms with Crippen LogP contribution in [-0.2, 0) is 14.3 Å². The lowest BCUT2D eigenvalue weighted by atomic mass is 10.2. The summed E-state index contributed by atoms with van der Waals surface area (Å²) in [7, 11) is 1.21. The minimum Gasteiger partial charge on any atom is -0.465 e. The lowest BCUT2D eigenvalue weighted by Gasteiger charge is -2.13. The number of hydrogen-bond acceptors (Lipinski definition) is 7. The van der Waals surface area contributed by atoms with Crippen molar-refractivity contribution in [2.75, 3.05) is 19.0 Å². The van der Waals surface area contributed by atoms with E-state index in [-0.39, 0.29) is 21.2 Å². The van der Waals surface area contributed by atoms with Gasteiger partial charge in [-0.2, -0.15) is 0 Å². The topological polar surface area (TPSA) is 102 Å². The second-order valence-corrected chi connectivity index (χ2v) is 8.89. The number of ether oxygens (including phenoxy) is 2. The molecule has 8 nitrogen and oxygen atoms in total. The molecule has 1 aliphatic rings. The van der Waals surface area contributed by atoms with Gasteiger partial charge >= 0.3 is 5.97 Å². The fourth-order valence-corrected chi connectivity index (χ4v) is 4.33. The van der Waals surface area contributed by atoms with E-state index in [1.807, 2.05) is 30.3 Å². The van der Waals surface area contributed by atoms with E-state index in [4.69, 9.17) is 16.3 Å². The maximum atomic E-state index is 12.8. The predicted octanol–water partition coefficient (Wildman–Crippen LogP) is 5.59. The molecule has 36 heavy (non-hydrogen) atoms. The molecule has 1 saturated heterocycles. The normalized spacial score (nSPS) is 14.2. The standard InChI is InChI=1S/C26H19ClN2O6S/c1-34-25(32)20-14-17(10-11-21(20)27)28-23(30)15-29-24(31)22(36-26(29)33)13-16-6-5-9-19(12-16)35-18-7-3-2-4-8-18/h2-14H,15H2,1H3,(H,28,30)/b22-13+. The van der Waals surface area contributed by atoms with Crippen LogP contribution in [0, 0.1) is 0 Å². The van der Waals surface area contributed by atoms with Gasteiger partial charge in [-0.05, 0) is 65.9 Å². The average molecular weight is 523 g/mol. The van der Waals surface area contributed by atoms with Crippen LogP contribution in [0.4, 0.5) is 10.5 Å². The number of esters is 1. The highest BCUT2D eigenvalue weighted by Crippen LogP contribution is 2.33. The Morgan fingerprint density at radius 1 is 1.00 bits per heavy atom. The van der Waals surface area contributed by atoms with E-state index in [1.165, 1.54) is 25.3 Å². The molecule has 0 spiro atoms. The Hall–Kier alpha value is -4.08. The number of thioether (sulfide) groups is 1. The Labute approximate surface area is 215 Å². The molecule has 1 fully saturated rings. The number of carbonyl (C=O) groups is 4. The summed E-state index contributed by atoms with van der Waals surface area (Å²) in [5, 5.41) is 2.15. The van der Waals surface area contributed by atoms with Gasteiger partial charge in [-0.25, -0.2) is 4.79 Å². The number of methoxy groups -OCH3 is 1. The first-order valence-electron chi connectivity index (χ1n) is 10.6. The van der Waals surface area contributed by atoms with Gasteiger partial charge in [0, 0.05) is 5.69 Å². The number of imide groups is 1. The lowest BCUT2D eigenvalue weighted by Crippen LogP contribution is -2.36. The monoisotopic (exact) mass is 522 g/mol. The third-order valence-corrected chi connectivity index (χ3v) is 6.20. The molecule has 3 aromatic rings. The number of benzene rings is 3. The molecule has 3 aromatic carbocycles. The summed E-state index contributed by atoms with van der Waals surface area (Å²) in [6, 6.07) is 20.6. The van der Waals surface area contributed by atoms with Gasteiger partial charge < -0.3 is 14.8 Å². The van der Waals surface area contributed by atoms with Crippen LogP contribution in [0.5, 0.6) is 11.5 Å². The van der Waals surface area contributed by atoms with Gasteiger partial charge in [0.15, 0.2) is 0 Å². The number of nitrogens with zero attached hydrogens (tertiary/aromatic N) is 1. The van der Waals surface area contributed by atoms with Gasteiger partial charge in [-0.15, -0.1) is 0 Å². The molecule has 0 atom stereocenters. The largest absolute Gasteiger partial charge is 0.465 e. The van der Waals surface area contributed by atoms with E-state index in [0.29, 0.717) is 17.1 Å². The fourth-order valence-electron chi connectivity index (χ4n) is 3.29. The SMILES string of the molecule is COC(=O)c1cc(NC(=O)CN2C(=O)S/C(=C/c3cccc(Oc4ccccc4)c3)C2=O)ccc1Cl. The summed E-state index contributed by atoms with van der Waals surface area (Å²) in [5.41, 5.74) is 1.00. The third-order valence-electron chi connectivity index (χ3n) is 4.97. The fraction of sp³-hybridized carbons (Fsp3) is 0.0769. The van der Waals surface area contributed by atoms with Gasteiger partial charge in [0.25, 0.3) is 11.1 Å². The Morgan fingerprint density at radius 3 is 2.50 bits per heavy atom. The molecular formula is C26H19ClN2O6S. The number of carbonyl (C=O) groups excluding carboxylic acids is 4. The molecule has 0 unspecified atom stereocenters. The summed E-state index contributed by atoms with van der Waals surface area (Å²) >= 11 is 6.73. The predicted molar refractivity (Wildman–Crippen MR) is 137 cm³/mol. The molecule has 1 N–H and O–H groups in total. The van der Waals surface area contributed by atoms with Crippen LogP contribution >= 0.6 is 23.4 Å². The summed E-state index contributed by atoms with van der Waals surface area (Å²) < 4.78 is 10.5. The highest BCUT2D eigenvalue weighted by molar-refractivity contribution is 8.18. The first-order valence-corrected chi connectivity index (χ1v) is 11.8. The van der Waals surface area contributed by atoms with Crippen molar-refractivity contribution in [1.29, 1.82) is 0 Å². The van der Waals surface area contributed by atoms with Crippen molar-refractivity contribution in [2.45, 2.75) is 0 Å². The third kappa shape index (κ3) is 5.94. The summed E-state index contributed by atoms with van der Waals surface area (Å²) in [6.45, 7) is -0.491. The Kier molecular flexibility index (Phi) is 7.72. The quantitative estimate of drug-likeness (QED) is 0.318. The molecule has 182 valence electrons. The van der Waals surface area contributed by atoms with Crippen LogP contribution < -0.4 is 10.1 Å². The number of para-hydroxylation sites is 1. The highest BCUT2D eigenvalue weighted by Gasteiger charge is 2.36. The molecule has 0 bridgehead atoms. The second kappa shape index (κ2) is 11.1. The number of rotatable bonds is 7. The van der Waals surface area contributed by atoms with Crippen LogP contribution in [0.2, 0.25) is 5.02 Å². The molecule has 1 aliphatic heterocycles. The van der Waals surface area contributed by atoms with Crippen LogP contribution in [0.25, 0.3) is 6.08 Å². The van der Waals surface area contributed by atoms with Crippen LogP contribution in [0.3, 0.4) is 0 Å². The molecule has 0 saturated carbocycles. The number of amides is 3. The average Bonchev–Trinajstić information content (AvgIpc) is 3.12. The van der Waals surface area contributed by atoms with Crippen molar-refractivity contribution < 1.29 is 28.7 Å². The van der Waals surface area contributed by atoms with Crippen LogP contribution in [-0.4, -0.2) is 41.6 Å².